The van der Waals surface area contributed by atoms with Crippen LogP contribution in [0.1, 0.15) is 25.0 Å². The number of ether oxygens (including phenoxy) is 2. The largest absolute Gasteiger partial charge is 0.497 e. The number of hydrogen-bond acceptors (Lipinski definition) is 4. The van der Waals surface area contributed by atoms with E-state index in [4.69, 9.17) is 9.47 Å². The second-order valence-corrected chi connectivity index (χ2v) is 6.82. The van der Waals surface area contributed by atoms with E-state index in [9.17, 15) is 9.59 Å². The van der Waals surface area contributed by atoms with Gasteiger partial charge < -0.3 is 20.1 Å². The first kappa shape index (κ1) is 21.3. The van der Waals surface area contributed by atoms with Crippen molar-refractivity contribution in [3.63, 3.8) is 0 Å². The number of carbonyl (C=O) groups excluding carboxylic acids is 2. The molecule has 0 aromatic heterocycles. The van der Waals surface area contributed by atoms with Gasteiger partial charge in [0.25, 0.3) is 0 Å². The summed E-state index contributed by atoms with van der Waals surface area (Å²) in [5, 5.41) is 5.54. The van der Waals surface area contributed by atoms with Crippen molar-refractivity contribution in [2.24, 2.45) is 5.92 Å². The summed E-state index contributed by atoms with van der Waals surface area (Å²) in [5.74, 6) is 0.510. The van der Waals surface area contributed by atoms with Crippen molar-refractivity contribution < 1.29 is 19.1 Å². The van der Waals surface area contributed by atoms with E-state index in [1.807, 2.05) is 68.4 Å². The highest BCUT2D eigenvalue weighted by Gasteiger charge is 2.24. The van der Waals surface area contributed by atoms with Crippen LogP contribution in [0.4, 0.5) is 4.79 Å². The Hall–Kier alpha value is -3.02. The van der Waals surface area contributed by atoms with Gasteiger partial charge in [0.1, 0.15) is 18.4 Å². The van der Waals surface area contributed by atoms with E-state index >= 15 is 0 Å². The van der Waals surface area contributed by atoms with Gasteiger partial charge in [-0.05, 0) is 35.6 Å². The molecule has 6 nitrogen and oxygen atoms in total. The van der Waals surface area contributed by atoms with Crippen LogP contribution in [-0.2, 0) is 22.6 Å². The average Bonchev–Trinajstić information content (AvgIpc) is 2.71. The Kier molecular flexibility index (Phi) is 8.34. The first-order valence-corrected chi connectivity index (χ1v) is 9.37. The van der Waals surface area contributed by atoms with E-state index in [1.54, 1.807) is 7.11 Å². The fourth-order valence-corrected chi connectivity index (χ4v) is 2.66. The van der Waals surface area contributed by atoms with Crippen molar-refractivity contribution in [2.75, 3.05) is 13.7 Å². The molecule has 0 radical (unpaired) electrons. The van der Waals surface area contributed by atoms with Gasteiger partial charge in [0.2, 0.25) is 5.91 Å². The second kappa shape index (κ2) is 11.0. The molecule has 0 aliphatic carbocycles. The van der Waals surface area contributed by atoms with Gasteiger partial charge in [0, 0.05) is 6.54 Å². The van der Waals surface area contributed by atoms with Crippen LogP contribution in [0.2, 0.25) is 0 Å². The third-order valence-corrected chi connectivity index (χ3v) is 4.31. The van der Waals surface area contributed by atoms with Gasteiger partial charge in [-0.25, -0.2) is 4.79 Å². The van der Waals surface area contributed by atoms with E-state index in [1.165, 1.54) is 0 Å². The minimum Gasteiger partial charge on any atom is -0.497 e. The molecule has 0 saturated carbocycles. The molecule has 6 heteroatoms. The van der Waals surface area contributed by atoms with E-state index in [0.29, 0.717) is 13.0 Å². The molecule has 0 spiro atoms. The highest BCUT2D eigenvalue weighted by molar-refractivity contribution is 5.85. The van der Waals surface area contributed by atoms with Crippen molar-refractivity contribution in [1.29, 1.82) is 0 Å². The summed E-state index contributed by atoms with van der Waals surface area (Å²) in [6.45, 7) is 4.40. The maximum atomic E-state index is 12.5. The number of hydrogen-bond donors (Lipinski definition) is 2. The highest BCUT2D eigenvalue weighted by Crippen LogP contribution is 2.11. The maximum absolute atomic E-state index is 12.5. The van der Waals surface area contributed by atoms with Crippen molar-refractivity contribution in [1.82, 2.24) is 10.6 Å². The van der Waals surface area contributed by atoms with E-state index < -0.39 is 12.1 Å². The van der Waals surface area contributed by atoms with Crippen molar-refractivity contribution in [3.05, 3.63) is 65.7 Å². The van der Waals surface area contributed by atoms with Crippen LogP contribution in [0.5, 0.6) is 5.75 Å². The van der Waals surface area contributed by atoms with Crippen molar-refractivity contribution in [3.8, 4) is 5.75 Å². The quantitative estimate of drug-likeness (QED) is 0.695. The highest BCUT2D eigenvalue weighted by atomic mass is 16.5. The molecule has 2 rings (SSSR count). The SMILES string of the molecule is COc1ccc(CCNC(=O)[C@H](NC(=O)OCc2ccccc2)C(C)C)cc1. The summed E-state index contributed by atoms with van der Waals surface area (Å²) in [5.41, 5.74) is 1.99. The Morgan fingerprint density at radius 2 is 1.64 bits per heavy atom. The third kappa shape index (κ3) is 6.95. The van der Waals surface area contributed by atoms with Gasteiger partial charge >= 0.3 is 6.09 Å². The Labute approximate surface area is 166 Å². The summed E-state index contributed by atoms with van der Waals surface area (Å²) in [7, 11) is 1.62. The Morgan fingerprint density at radius 3 is 2.25 bits per heavy atom. The minimum atomic E-state index is -0.654. The van der Waals surface area contributed by atoms with Gasteiger partial charge in [-0.2, -0.15) is 0 Å². The molecule has 28 heavy (non-hydrogen) atoms. The molecule has 2 aromatic carbocycles. The molecule has 2 aromatic rings. The molecular formula is C22H28N2O4. The zero-order valence-electron chi connectivity index (χ0n) is 16.6. The van der Waals surface area contributed by atoms with E-state index in [2.05, 4.69) is 10.6 Å². The lowest BCUT2D eigenvalue weighted by Crippen LogP contribution is -2.50. The summed E-state index contributed by atoms with van der Waals surface area (Å²) < 4.78 is 10.3. The number of amides is 2. The Morgan fingerprint density at radius 1 is 0.964 bits per heavy atom. The molecule has 0 bridgehead atoms. The van der Waals surface area contributed by atoms with Crippen LogP contribution < -0.4 is 15.4 Å². The maximum Gasteiger partial charge on any atom is 0.408 e. The zero-order valence-corrected chi connectivity index (χ0v) is 16.6. The number of benzene rings is 2. The van der Waals surface area contributed by atoms with Crippen LogP contribution in [0, 0.1) is 5.92 Å². The van der Waals surface area contributed by atoms with Crippen LogP contribution in [0.3, 0.4) is 0 Å². The summed E-state index contributed by atoms with van der Waals surface area (Å²) >= 11 is 0. The molecule has 0 unspecified atom stereocenters. The molecule has 2 N–H and O–H groups in total. The van der Waals surface area contributed by atoms with Gasteiger partial charge in [-0.1, -0.05) is 56.3 Å². The molecule has 0 fully saturated rings. The van der Waals surface area contributed by atoms with Crippen LogP contribution >= 0.6 is 0 Å². The molecule has 150 valence electrons. The Balaban J connectivity index is 1.79. The molecule has 2 amide bonds. The van der Waals surface area contributed by atoms with Crippen LogP contribution in [0.25, 0.3) is 0 Å². The fraction of sp³-hybridized carbons (Fsp3) is 0.364. The van der Waals surface area contributed by atoms with E-state index in [-0.39, 0.29) is 18.4 Å². The lowest BCUT2D eigenvalue weighted by atomic mass is 10.0. The Bertz CT molecular complexity index is 745. The van der Waals surface area contributed by atoms with E-state index in [0.717, 1.165) is 16.9 Å². The van der Waals surface area contributed by atoms with Crippen molar-refractivity contribution >= 4 is 12.0 Å². The average molecular weight is 384 g/mol. The summed E-state index contributed by atoms with van der Waals surface area (Å²) in [4.78, 5) is 24.5. The second-order valence-electron chi connectivity index (χ2n) is 6.82. The first-order chi connectivity index (χ1) is 13.5. The van der Waals surface area contributed by atoms with Gasteiger partial charge in [-0.3, -0.25) is 4.79 Å². The zero-order chi connectivity index (χ0) is 20.4. The number of nitrogens with one attached hydrogen (secondary N) is 2. The number of rotatable bonds is 9. The number of carbonyl (C=O) groups is 2. The lowest BCUT2D eigenvalue weighted by molar-refractivity contribution is -0.124. The van der Waals surface area contributed by atoms with Gasteiger partial charge in [0.05, 0.1) is 7.11 Å². The normalized spacial score (nSPS) is 11.6. The topological polar surface area (TPSA) is 76.7 Å². The first-order valence-electron chi connectivity index (χ1n) is 9.37. The lowest BCUT2D eigenvalue weighted by Gasteiger charge is -2.21. The number of methoxy groups -OCH3 is 1. The molecule has 0 aliphatic rings. The summed E-state index contributed by atoms with van der Waals surface area (Å²) in [6, 6.07) is 16.4. The van der Waals surface area contributed by atoms with Gasteiger partial charge in [0.15, 0.2) is 0 Å². The third-order valence-electron chi connectivity index (χ3n) is 4.31. The molecule has 1 atom stereocenters. The monoisotopic (exact) mass is 384 g/mol. The van der Waals surface area contributed by atoms with Crippen LogP contribution in [0.15, 0.2) is 54.6 Å². The van der Waals surface area contributed by atoms with Crippen molar-refractivity contribution in [2.45, 2.75) is 32.9 Å². The molecule has 0 saturated heterocycles. The fourth-order valence-electron chi connectivity index (χ4n) is 2.66. The van der Waals surface area contributed by atoms with Crippen LogP contribution in [-0.4, -0.2) is 31.7 Å². The summed E-state index contributed by atoms with van der Waals surface area (Å²) in [6.07, 6.45) is 0.0896. The number of alkyl carbamates (subject to hydrolysis) is 1. The standard InChI is InChI=1S/C22H28N2O4/c1-16(2)20(24-22(26)28-15-18-7-5-4-6-8-18)21(25)23-14-13-17-9-11-19(27-3)12-10-17/h4-12,16,20H,13-15H2,1-3H3,(H,23,25)(H,24,26)/t20-/m1/s1. The smallest absolute Gasteiger partial charge is 0.408 e. The predicted octanol–water partition coefficient (Wildman–Crippen LogP) is 3.30. The predicted molar refractivity (Wildman–Crippen MR) is 108 cm³/mol. The van der Waals surface area contributed by atoms with Gasteiger partial charge in [-0.15, -0.1) is 0 Å². The molecule has 0 heterocycles. The molecule has 0 aliphatic heterocycles. The minimum absolute atomic E-state index is 0.0646. The molecular weight excluding hydrogens is 356 g/mol.